The zero-order chi connectivity index (χ0) is 16.5. The van der Waals surface area contributed by atoms with E-state index < -0.39 is 11.1 Å². The Bertz CT molecular complexity index is 506. The van der Waals surface area contributed by atoms with Crippen molar-refractivity contribution in [1.29, 1.82) is 0 Å². The highest BCUT2D eigenvalue weighted by atomic mass is 16.5. The summed E-state index contributed by atoms with van der Waals surface area (Å²) < 4.78 is 5.75. The fourth-order valence-corrected chi connectivity index (χ4v) is 3.41. The standard InChI is InChI=1S/C18H27NO3/c1-13(14-9-7-6-8-10-14)16(20)22-15-11-17(2,3)19(21)18(4,5)12-15/h6-10,13,15,21H,11-12H2,1-5H3. The maximum absolute atomic E-state index is 12.4. The van der Waals surface area contributed by atoms with Gasteiger partial charge in [0.1, 0.15) is 6.10 Å². The molecule has 1 fully saturated rings. The van der Waals surface area contributed by atoms with Gasteiger partial charge in [-0.1, -0.05) is 30.3 Å². The molecule has 0 aliphatic carbocycles. The maximum Gasteiger partial charge on any atom is 0.313 e. The van der Waals surface area contributed by atoms with Crippen molar-refractivity contribution in [3.05, 3.63) is 35.9 Å². The molecule has 22 heavy (non-hydrogen) atoms. The maximum atomic E-state index is 12.4. The molecule has 4 heteroatoms. The average Bonchev–Trinajstić information content (AvgIpc) is 2.44. The van der Waals surface area contributed by atoms with Crippen LogP contribution in [0.25, 0.3) is 0 Å². The SMILES string of the molecule is CC(C(=O)OC1CC(C)(C)N(O)C(C)(C)C1)c1ccccc1. The van der Waals surface area contributed by atoms with Crippen LogP contribution in [0.3, 0.4) is 0 Å². The Labute approximate surface area is 133 Å². The summed E-state index contributed by atoms with van der Waals surface area (Å²) in [6.07, 6.45) is 1.08. The van der Waals surface area contributed by atoms with Crippen LogP contribution in [0.1, 0.15) is 58.9 Å². The Hall–Kier alpha value is -1.39. The van der Waals surface area contributed by atoms with Gasteiger partial charge in [-0.2, -0.15) is 5.06 Å². The van der Waals surface area contributed by atoms with Crippen molar-refractivity contribution in [1.82, 2.24) is 5.06 Å². The molecule has 0 saturated carbocycles. The largest absolute Gasteiger partial charge is 0.462 e. The normalized spacial score (nSPS) is 23.0. The minimum Gasteiger partial charge on any atom is -0.462 e. The molecule has 0 radical (unpaired) electrons. The minimum absolute atomic E-state index is 0.174. The molecule has 2 rings (SSSR count). The summed E-state index contributed by atoms with van der Waals surface area (Å²) in [6, 6.07) is 9.67. The van der Waals surface area contributed by atoms with Crippen LogP contribution in [0.4, 0.5) is 0 Å². The van der Waals surface area contributed by atoms with Crippen LogP contribution in [-0.2, 0) is 9.53 Å². The molecule has 1 unspecified atom stereocenters. The van der Waals surface area contributed by atoms with Gasteiger partial charge in [-0.15, -0.1) is 0 Å². The van der Waals surface area contributed by atoms with Crippen LogP contribution in [0.2, 0.25) is 0 Å². The summed E-state index contributed by atoms with van der Waals surface area (Å²) in [4.78, 5) is 12.4. The van der Waals surface area contributed by atoms with Gasteiger partial charge in [-0.3, -0.25) is 4.79 Å². The lowest BCUT2D eigenvalue weighted by molar-refractivity contribution is -0.259. The van der Waals surface area contributed by atoms with Gasteiger partial charge < -0.3 is 9.94 Å². The molecule has 4 nitrogen and oxygen atoms in total. The van der Waals surface area contributed by atoms with Crippen molar-refractivity contribution in [3.8, 4) is 0 Å². The summed E-state index contributed by atoms with van der Waals surface area (Å²) in [7, 11) is 0. The van der Waals surface area contributed by atoms with Crippen LogP contribution in [0.5, 0.6) is 0 Å². The van der Waals surface area contributed by atoms with Gasteiger partial charge in [0.2, 0.25) is 0 Å². The van der Waals surface area contributed by atoms with E-state index in [9.17, 15) is 10.0 Å². The van der Waals surface area contributed by atoms with Gasteiger partial charge in [0.25, 0.3) is 0 Å². The number of hydrogen-bond donors (Lipinski definition) is 1. The Kier molecular flexibility index (Phi) is 4.64. The van der Waals surface area contributed by atoms with Gasteiger partial charge in [0.15, 0.2) is 0 Å². The van der Waals surface area contributed by atoms with Crippen LogP contribution in [0, 0.1) is 0 Å². The summed E-state index contributed by atoms with van der Waals surface area (Å²) >= 11 is 0. The molecule has 0 bridgehead atoms. The van der Waals surface area contributed by atoms with Crippen LogP contribution < -0.4 is 0 Å². The summed E-state index contributed by atoms with van der Waals surface area (Å²) in [5.41, 5.74) is 0.136. The zero-order valence-corrected chi connectivity index (χ0v) is 14.2. The average molecular weight is 305 g/mol. The number of nitrogens with zero attached hydrogens (tertiary/aromatic N) is 1. The number of rotatable bonds is 3. The fraction of sp³-hybridized carbons (Fsp3) is 0.611. The smallest absolute Gasteiger partial charge is 0.313 e. The second-order valence-electron chi connectivity index (χ2n) is 7.54. The van der Waals surface area contributed by atoms with Crippen LogP contribution >= 0.6 is 0 Å². The van der Waals surface area contributed by atoms with Gasteiger partial charge in [-0.25, -0.2) is 0 Å². The number of ether oxygens (including phenoxy) is 1. The van der Waals surface area contributed by atoms with E-state index in [0.717, 1.165) is 5.56 Å². The predicted molar refractivity (Wildman–Crippen MR) is 85.8 cm³/mol. The summed E-state index contributed by atoms with van der Waals surface area (Å²) in [6.45, 7) is 9.74. The van der Waals surface area contributed by atoms with Gasteiger partial charge >= 0.3 is 5.97 Å². The van der Waals surface area contributed by atoms with Gasteiger partial charge in [0, 0.05) is 23.9 Å². The molecule has 1 aromatic carbocycles. The van der Waals surface area contributed by atoms with Crippen molar-refractivity contribution in [2.75, 3.05) is 0 Å². The van der Waals surface area contributed by atoms with E-state index in [1.807, 2.05) is 65.0 Å². The Balaban J connectivity index is 2.06. The van der Waals surface area contributed by atoms with Crippen molar-refractivity contribution in [3.63, 3.8) is 0 Å². The Morgan fingerprint density at radius 3 is 2.18 bits per heavy atom. The molecule has 1 aliphatic heterocycles. The fourth-order valence-electron chi connectivity index (χ4n) is 3.41. The summed E-state index contributed by atoms with van der Waals surface area (Å²) in [5.74, 6) is -0.478. The molecule has 0 aromatic heterocycles. The highest BCUT2D eigenvalue weighted by Crippen LogP contribution is 2.38. The first-order chi connectivity index (χ1) is 10.1. The highest BCUT2D eigenvalue weighted by molar-refractivity contribution is 5.77. The topological polar surface area (TPSA) is 49.8 Å². The molecule has 0 spiro atoms. The van der Waals surface area contributed by atoms with E-state index in [-0.39, 0.29) is 18.0 Å². The monoisotopic (exact) mass is 305 g/mol. The van der Waals surface area contributed by atoms with E-state index in [4.69, 9.17) is 4.74 Å². The number of esters is 1. The quantitative estimate of drug-likeness (QED) is 0.864. The van der Waals surface area contributed by atoms with Crippen LogP contribution in [0.15, 0.2) is 30.3 Å². The van der Waals surface area contributed by atoms with Crippen LogP contribution in [-0.4, -0.2) is 33.4 Å². The Morgan fingerprint density at radius 2 is 1.68 bits per heavy atom. The van der Waals surface area contributed by atoms with Crippen molar-refractivity contribution in [2.24, 2.45) is 0 Å². The lowest BCUT2D eigenvalue weighted by Crippen LogP contribution is -2.60. The lowest BCUT2D eigenvalue weighted by Gasteiger charge is -2.51. The number of carbonyl (C=O) groups excluding carboxylic acids is 1. The highest BCUT2D eigenvalue weighted by Gasteiger charge is 2.46. The lowest BCUT2D eigenvalue weighted by atomic mass is 9.80. The molecule has 0 amide bonds. The first kappa shape index (κ1) is 17.0. The first-order valence-electron chi connectivity index (χ1n) is 7.88. The molecule has 1 aromatic rings. The second-order valence-corrected chi connectivity index (χ2v) is 7.54. The molecular weight excluding hydrogens is 278 g/mol. The van der Waals surface area contributed by atoms with Gasteiger partial charge in [-0.05, 0) is 40.2 Å². The van der Waals surface area contributed by atoms with Crippen molar-refractivity contribution in [2.45, 2.75) is 70.6 Å². The molecule has 1 N–H and O–H groups in total. The molecule has 1 saturated heterocycles. The molecular formula is C18H27NO3. The third-order valence-electron chi connectivity index (χ3n) is 4.54. The number of carbonyl (C=O) groups is 1. The second kappa shape index (κ2) is 6.01. The minimum atomic E-state index is -0.414. The van der Waals surface area contributed by atoms with E-state index >= 15 is 0 Å². The third-order valence-corrected chi connectivity index (χ3v) is 4.54. The van der Waals surface area contributed by atoms with E-state index in [1.165, 1.54) is 5.06 Å². The van der Waals surface area contributed by atoms with E-state index in [0.29, 0.717) is 12.8 Å². The third kappa shape index (κ3) is 3.50. The van der Waals surface area contributed by atoms with E-state index in [2.05, 4.69) is 0 Å². The van der Waals surface area contributed by atoms with Gasteiger partial charge in [0.05, 0.1) is 5.92 Å². The molecule has 1 heterocycles. The number of benzene rings is 1. The van der Waals surface area contributed by atoms with E-state index in [1.54, 1.807) is 0 Å². The molecule has 1 aliphatic rings. The first-order valence-corrected chi connectivity index (χ1v) is 7.88. The predicted octanol–water partition coefficient (Wildman–Crippen LogP) is 3.74. The number of hydrogen-bond acceptors (Lipinski definition) is 4. The zero-order valence-electron chi connectivity index (χ0n) is 14.2. The van der Waals surface area contributed by atoms with Crippen molar-refractivity contribution >= 4 is 5.97 Å². The number of piperidine rings is 1. The Morgan fingerprint density at radius 1 is 1.18 bits per heavy atom. The molecule has 122 valence electrons. The molecule has 1 atom stereocenters. The summed E-state index contributed by atoms with van der Waals surface area (Å²) in [5, 5.41) is 11.7. The van der Waals surface area contributed by atoms with Crippen molar-refractivity contribution < 1.29 is 14.7 Å². The number of hydroxylamine groups is 2.